The molecule has 0 radical (unpaired) electrons. The molecule has 1 aromatic carbocycles. The molecule has 2 aromatic rings. The quantitative estimate of drug-likeness (QED) is 0.760. The molecule has 0 saturated heterocycles. The van der Waals surface area contributed by atoms with Crippen LogP contribution in [0, 0.1) is 0 Å². The Morgan fingerprint density at radius 3 is 2.80 bits per heavy atom. The van der Waals surface area contributed by atoms with E-state index in [2.05, 4.69) is 0 Å². The summed E-state index contributed by atoms with van der Waals surface area (Å²) in [6, 6.07) is 9.28. The van der Waals surface area contributed by atoms with Gasteiger partial charge in [0.2, 0.25) is 5.91 Å². The van der Waals surface area contributed by atoms with Gasteiger partial charge in [-0.3, -0.25) is 4.79 Å². The van der Waals surface area contributed by atoms with Crippen LogP contribution in [0.15, 0.2) is 36.5 Å². The predicted octanol–water partition coefficient (Wildman–Crippen LogP) is 0.454. The fourth-order valence-electron chi connectivity index (χ4n) is 1.60. The normalized spacial score (nSPS) is 12.9. The van der Waals surface area contributed by atoms with Gasteiger partial charge < -0.3 is 16.0 Å². The van der Waals surface area contributed by atoms with Gasteiger partial charge in [-0.15, -0.1) is 0 Å². The first-order chi connectivity index (χ1) is 7.18. The molecule has 2 rings (SSSR count). The summed E-state index contributed by atoms with van der Waals surface area (Å²) in [6.07, 6.45) is 1.91. The minimum Gasteiger partial charge on any atom is -0.368 e. The van der Waals surface area contributed by atoms with Crippen LogP contribution in [0.2, 0.25) is 0 Å². The maximum atomic E-state index is 10.8. The van der Waals surface area contributed by atoms with E-state index in [0.717, 1.165) is 10.9 Å². The topological polar surface area (TPSA) is 74.0 Å². The second-order valence-electron chi connectivity index (χ2n) is 3.54. The molecule has 1 amide bonds. The van der Waals surface area contributed by atoms with Gasteiger partial charge in [-0.1, -0.05) is 18.2 Å². The number of rotatable bonds is 3. The second-order valence-corrected chi connectivity index (χ2v) is 3.54. The molecular formula is C11H13N3O. The van der Waals surface area contributed by atoms with E-state index in [1.165, 1.54) is 0 Å². The number of amides is 1. The summed E-state index contributed by atoms with van der Waals surface area (Å²) in [7, 11) is 0. The maximum Gasteiger partial charge on any atom is 0.236 e. The summed E-state index contributed by atoms with van der Waals surface area (Å²) < 4.78 is 1.94. The Balaban J connectivity index is 2.32. The van der Waals surface area contributed by atoms with E-state index in [-0.39, 0.29) is 0 Å². The Morgan fingerprint density at radius 1 is 1.33 bits per heavy atom. The highest BCUT2D eigenvalue weighted by atomic mass is 16.1. The van der Waals surface area contributed by atoms with E-state index in [4.69, 9.17) is 11.5 Å². The number of para-hydroxylation sites is 1. The molecule has 15 heavy (non-hydrogen) atoms. The summed E-state index contributed by atoms with van der Waals surface area (Å²) in [5, 5.41) is 1.13. The lowest BCUT2D eigenvalue weighted by Crippen LogP contribution is -2.39. The van der Waals surface area contributed by atoms with E-state index in [0.29, 0.717) is 6.54 Å². The highest BCUT2D eigenvalue weighted by molar-refractivity contribution is 5.82. The Morgan fingerprint density at radius 2 is 2.07 bits per heavy atom. The van der Waals surface area contributed by atoms with Crippen molar-refractivity contribution in [1.29, 1.82) is 0 Å². The average Bonchev–Trinajstić information content (AvgIpc) is 2.62. The molecular weight excluding hydrogens is 190 g/mol. The maximum absolute atomic E-state index is 10.8. The lowest BCUT2D eigenvalue weighted by molar-refractivity contribution is -0.119. The molecule has 1 aromatic heterocycles. The van der Waals surface area contributed by atoms with Crippen LogP contribution in [0.25, 0.3) is 10.9 Å². The molecule has 0 aliphatic rings. The Hall–Kier alpha value is -1.81. The van der Waals surface area contributed by atoms with Crippen LogP contribution in [0.3, 0.4) is 0 Å². The second kappa shape index (κ2) is 3.74. The molecule has 0 saturated carbocycles. The average molecular weight is 203 g/mol. The van der Waals surface area contributed by atoms with Gasteiger partial charge in [0, 0.05) is 18.3 Å². The molecule has 1 atom stereocenters. The highest BCUT2D eigenvalue weighted by Gasteiger charge is 2.10. The number of nitrogens with two attached hydrogens (primary N) is 2. The summed E-state index contributed by atoms with van der Waals surface area (Å²) in [4.78, 5) is 10.8. The molecule has 0 bridgehead atoms. The number of fused-ring (bicyclic) bond motifs is 1. The highest BCUT2D eigenvalue weighted by Crippen LogP contribution is 2.14. The third kappa shape index (κ3) is 1.85. The molecule has 0 spiro atoms. The number of primary amides is 1. The molecule has 0 aliphatic carbocycles. The van der Waals surface area contributed by atoms with Crippen LogP contribution in [-0.4, -0.2) is 16.5 Å². The zero-order chi connectivity index (χ0) is 10.8. The SMILES string of the molecule is NC(=O)C(N)Cn1ccc2ccccc21. The Kier molecular flexibility index (Phi) is 2.43. The van der Waals surface area contributed by atoms with E-state index >= 15 is 0 Å². The van der Waals surface area contributed by atoms with Gasteiger partial charge in [0.05, 0.1) is 0 Å². The fourth-order valence-corrected chi connectivity index (χ4v) is 1.60. The van der Waals surface area contributed by atoms with Gasteiger partial charge in [-0.05, 0) is 17.5 Å². The van der Waals surface area contributed by atoms with E-state index in [1.54, 1.807) is 0 Å². The van der Waals surface area contributed by atoms with Crippen molar-refractivity contribution in [3.63, 3.8) is 0 Å². The van der Waals surface area contributed by atoms with E-state index < -0.39 is 11.9 Å². The van der Waals surface area contributed by atoms with Crippen LogP contribution in [-0.2, 0) is 11.3 Å². The Labute approximate surface area is 87.5 Å². The molecule has 4 heteroatoms. The predicted molar refractivity (Wildman–Crippen MR) is 59.1 cm³/mol. The first kappa shape index (κ1) is 9.73. The lowest BCUT2D eigenvalue weighted by Gasteiger charge is -2.09. The molecule has 1 heterocycles. The van der Waals surface area contributed by atoms with Crippen LogP contribution in [0.5, 0.6) is 0 Å². The molecule has 4 N–H and O–H groups in total. The third-order valence-electron chi connectivity index (χ3n) is 2.44. The number of carbonyl (C=O) groups is 1. The van der Waals surface area contributed by atoms with Crippen molar-refractivity contribution in [1.82, 2.24) is 4.57 Å². The van der Waals surface area contributed by atoms with Gasteiger partial charge in [-0.2, -0.15) is 0 Å². The van der Waals surface area contributed by atoms with Crippen molar-refractivity contribution in [3.05, 3.63) is 36.5 Å². The Bertz CT molecular complexity index is 489. The molecule has 78 valence electrons. The van der Waals surface area contributed by atoms with Gasteiger partial charge in [0.1, 0.15) is 6.04 Å². The fraction of sp³-hybridized carbons (Fsp3) is 0.182. The summed E-state index contributed by atoms with van der Waals surface area (Å²) in [5.74, 6) is -0.479. The molecule has 0 aliphatic heterocycles. The minimum atomic E-state index is -0.638. The lowest BCUT2D eigenvalue weighted by atomic mass is 10.2. The number of carbonyl (C=O) groups excluding carboxylic acids is 1. The summed E-state index contributed by atoms with van der Waals surface area (Å²) in [5.41, 5.74) is 11.8. The van der Waals surface area contributed by atoms with Crippen molar-refractivity contribution in [2.24, 2.45) is 11.5 Å². The summed E-state index contributed by atoms with van der Waals surface area (Å²) in [6.45, 7) is 0.419. The number of aromatic nitrogens is 1. The minimum absolute atomic E-state index is 0.419. The first-order valence-corrected chi connectivity index (χ1v) is 4.77. The van der Waals surface area contributed by atoms with Crippen LogP contribution in [0.1, 0.15) is 0 Å². The zero-order valence-corrected chi connectivity index (χ0v) is 8.26. The van der Waals surface area contributed by atoms with Gasteiger partial charge in [0.25, 0.3) is 0 Å². The molecule has 0 fully saturated rings. The molecule has 4 nitrogen and oxygen atoms in total. The van der Waals surface area contributed by atoms with Crippen LogP contribution >= 0.6 is 0 Å². The number of hydrogen-bond donors (Lipinski definition) is 2. The van der Waals surface area contributed by atoms with Gasteiger partial charge >= 0.3 is 0 Å². The number of benzene rings is 1. The van der Waals surface area contributed by atoms with Crippen LogP contribution in [0.4, 0.5) is 0 Å². The monoisotopic (exact) mass is 203 g/mol. The molecule has 1 unspecified atom stereocenters. The van der Waals surface area contributed by atoms with Crippen molar-refractivity contribution >= 4 is 16.8 Å². The van der Waals surface area contributed by atoms with Gasteiger partial charge in [-0.25, -0.2) is 0 Å². The van der Waals surface area contributed by atoms with E-state index in [9.17, 15) is 4.79 Å². The van der Waals surface area contributed by atoms with E-state index in [1.807, 2.05) is 41.1 Å². The first-order valence-electron chi connectivity index (χ1n) is 4.77. The number of hydrogen-bond acceptors (Lipinski definition) is 2. The largest absolute Gasteiger partial charge is 0.368 e. The third-order valence-corrected chi connectivity index (χ3v) is 2.44. The summed E-state index contributed by atoms with van der Waals surface area (Å²) >= 11 is 0. The standard InChI is InChI=1S/C11H13N3O/c12-9(11(13)15)7-14-6-5-8-3-1-2-4-10(8)14/h1-6,9H,7,12H2,(H2,13,15). The zero-order valence-electron chi connectivity index (χ0n) is 8.26. The van der Waals surface area contributed by atoms with Crippen molar-refractivity contribution in [2.75, 3.05) is 0 Å². The smallest absolute Gasteiger partial charge is 0.236 e. The van der Waals surface area contributed by atoms with Crippen molar-refractivity contribution in [2.45, 2.75) is 12.6 Å². The number of nitrogens with zero attached hydrogens (tertiary/aromatic N) is 1. The van der Waals surface area contributed by atoms with Gasteiger partial charge in [0.15, 0.2) is 0 Å². The van der Waals surface area contributed by atoms with Crippen LogP contribution < -0.4 is 11.5 Å². The van der Waals surface area contributed by atoms with Crippen molar-refractivity contribution < 1.29 is 4.79 Å². The van der Waals surface area contributed by atoms with Crippen molar-refractivity contribution in [3.8, 4) is 0 Å².